The van der Waals surface area contributed by atoms with Gasteiger partial charge in [0.05, 0.1) is 0 Å². The van der Waals surface area contributed by atoms with Gasteiger partial charge in [0.25, 0.3) is 5.91 Å². The van der Waals surface area contributed by atoms with E-state index < -0.39 is 0 Å². The van der Waals surface area contributed by atoms with Gasteiger partial charge in [-0.2, -0.15) is 0 Å². The summed E-state index contributed by atoms with van der Waals surface area (Å²) < 4.78 is 5.42. The van der Waals surface area contributed by atoms with Crippen molar-refractivity contribution in [3.63, 3.8) is 0 Å². The van der Waals surface area contributed by atoms with Crippen molar-refractivity contribution in [2.45, 2.75) is 20.8 Å². The number of amides is 1. The number of nitrogens with one attached hydrogen (secondary N) is 1. The van der Waals surface area contributed by atoms with E-state index in [-0.39, 0.29) is 12.5 Å². The van der Waals surface area contributed by atoms with Crippen LogP contribution in [0, 0.1) is 13.8 Å². The van der Waals surface area contributed by atoms with Crippen LogP contribution in [-0.2, 0) is 4.79 Å². The molecule has 1 N–H and O–H groups in total. The molecule has 0 aliphatic carbocycles. The molecule has 3 nitrogen and oxygen atoms in total. The van der Waals surface area contributed by atoms with Crippen molar-refractivity contribution >= 4 is 5.91 Å². The minimum atomic E-state index is -0.132. The molecule has 0 atom stereocenters. The van der Waals surface area contributed by atoms with Gasteiger partial charge in [0, 0.05) is 6.54 Å². The SMILES string of the molecule is C=C(C)CNC(=O)COc1cc(C)cc(C)c1. The molecule has 0 heterocycles. The molecular weight excluding hydrogens is 214 g/mol. The van der Waals surface area contributed by atoms with Crippen molar-refractivity contribution in [3.8, 4) is 5.75 Å². The summed E-state index contributed by atoms with van der Waals surface area (Å²) >= 11 is 0. The highest BCUT2D eigenvalue weighted by Crippen LogP contribution is 2.15. The Morgan fingerprint density at radius 3 is 2.41 bits per heavy atom. The highest BCUT2D eigenvalue weighted by Gasteiger charge is 2.03. The first-order valence-corrected chi connectivity index (χ1v) is 5.59. The van der Waals surface area contributed by atoms with E-state index in [1.54, 1.807) is 0 Å². The molecule has 0 bridgehead atoms. The highest BCUT2D eigenvalue weighted by atomic mass is 16.5. The normalized spacial score (nSPS) is 9.82. The standard InChI is InChI=1S/C14H19NO2/c1-10(2)8-15-14(16)9-17-13-6-11(3)5-12(4)7-13/h5-7H,1,8-9H2,2-4H3,(H,15,16). The fraction of sp³-hybridized carbons (Fsp3) is 0.357. The fourth-order valence-corrected chi connectivity index (χ4v) is 1.47. The van der Waals surface area contributed by atoms with E-state index in [4.69, 9.17) is 4.74 Å². The maximum atomic E-state index is 11.4. The lowest BCUT2D eigenvalue weighted by Gasteiger charge is -2.08. The van der Waals surface area contributed by atoms with Gasteiger partial charge in [-0.3, -0.25) is 4.79 Å². The van der Waals surface area contributed by atoms with Crippen LogP contribution < -0.4 is 10.1 Å². The zero-order chi connectivity index (χ0) is 12.8. The first kappa shape index (κ1) is 13.3. The second-order valence-corrected chi connectivity index (χ2v) is 4.35. The maximum Gasteiger partial charge on any atom is 0.258 e. The summed E-state index contributed by atoms with van der Waals surface area (Å²) in [5.41, 5.74) is 3.18. The lowest BCUT2D eigenvalue weighted by atomic mass is 10.1. The summed E-state index contributed by atoms with van der Waals surface area (Å²) in [5.74, 6) is 0.597. The molecule has 0 radical (unpaired) electrons. The quantitative estimate of drug-likeness (QED) is 0.793. The number of hydrogen-bond donors (Lipinski definition) is 1. The summed E-state index contributed by atoms with van der Waals surface area (Å²) in [5, 5.41) is 2.72. The molecular formula is C14H19NO2. The van der Waals surface area contributed by atoms with Gasteiger partial charge in [0.2, 0.25) is 0 Å². The van der Waals surface area contributed by atoms with Gasteiger partial charge in [-0.15, -0.1) is 0 Å². The van der Waals surface area contributed by atoms with E-state index in [0.717, 1.165) is 22.4 Å². The van der Waals surface area contributed by atoms with Crippen LogP contribution >= 0.6 is 0 Å². The molecule has 3 heteroatoms. The largest absolute Gasteiger partial charge is 0.484 e. The van der Waals surface area contributed by atoms with Crippen molar-refractivity contribution in [3.05, 3.63) is 41.5 Å². The average molecular weight is 233 g/mol. The second-order valence-electron chi connectivity index (χ2n) is 4.35. The van der Waals surface area contributed by atoms with Gasteiger partial charge in [0.15, 0.2) is 6.61 Å². The smallest absolute Gasteiger partial charge is 0.258 e. The van der Waals surface area contributed by atoms with E-state index in [1.807, 2.05) is 32.9 Å². The zero-order valence-electron chi connectivity index (χ0n) is 10.7. The van der Waals surface area contributed by atoms with E-state index in [9.17, 15) is 4.79 Å². The predicted molar refractivity (Wildman–Crippen MR) is 69.2 cm³/mol. The van der Waals surface area contributed by atoms with Crippen LogP contribution in [0.3, 0.4) is 0 Å². The van der Waals surface area contributed by atoms with Crippen LogP contribution in [0.4, 0.5) is 0 Å². The molecule has 0 aliphatic heterocycles. The number of rotatable bonds is 5. The first-order chi connectivity index (χ1) is 7.97. The Labute approximate surface area is 102 Å². The number of aryl methyl sites for hydroxylation is 2. The summed E-state index contributed by atoms with van der Waals surface area (Å²) in [6.07, 6.45) is 0. The van der Waals surface area contributed by atoms with Gasteiger partial charge in [0.1, 0.15) is 5.75 Å². The third kappa shape index (κ3) is 5.20. The van der Waals surface area contributed by atoms with Crippen molar-refractivity contribution in [1.29, 1.82) is 0 Å². The topological polar surface area (TPSA) is 38.3 Å². The lowest BCUT2D eigenvalue weighted by Crippen LogP contribution is -2.30. The Morgan fingerprint density at radius 2 is 1.88 bits per heavy atom. The van der Waals surface area contributed by atoms with Crippen LogP contribution in [0.15, 0.2) is 30.4 Å². The van der Waals surface area contributed by atoms with Crippen LogP contribution in [0.2, 0.25) is 0 Å². The minimum absolute atomic E-state index is 0.0379. The van der Waals surface area contributed by atoms with Crippen molar-refractivity contribution in [2.24, 2.45) is 0 Å². The molecule has 1 aromatic rings. The van der Waals surface area contributed by atoms with Crippen LogP contribution in [0.1, 0.15) is 18.1 Å². The van der Waals surface area contributed by atoms with E-state index in [2.05, 4.69) is 18.0 Å². The first-order valence-electron chi connectivity index (χ1n) is 5.59. The van der Waals surface area contributed by atoms with Crippen LogP contribution in [0.25, 0.3) is 0 Å². The monoisotopic (exact) mass is 233 g/mol. The molecule has 1 amide bonds. The third-order valence-corrected chi connectivity index (χ3v) is 2.15. The average Bonchev–Trinajstić information content (AvgIpc) is 2.22. The molecule has 0 saturated heterocycles. The number of ether oxygens (including phenoxy) is 1. The molecule has 92 valence electrons. The molecule has 0 unspecified atom stereocenters. The minimum Gasteiger partial charge on any atom is -0.484 e. The number of carbonyl (C=O) groups is 1. The van der Waals surface area contributed by atoms with Crippen molar-refractivity contribution in [1.82, 2.24) is 5.32 Å². The summed E-state index contributed by atoms with van der Waals surface area (Å²) in [7, 11) is 0. The van der Waals surface area contributed by atoms with E-state index >= 15 is 0 Å². The number of carbonyl (C=O) groups excluding carboxylic acids is 1. The Morgan fingerprint density at radius 1 is 1.29 bits per heavy atom. The molecule has 0 spiro atoms. The van der Waals surface area contributed by atoms with Crippen molar-refractivity contribution in [2.75, 3.05) is 13.2 Å². The second kappa shape index (κ2) is 6.09. The zero-order valence-corrected chi connectivity index (χ0v) is 10.7. The Bertz CT molecular complexity index is 404. The Hall–Kier alpha value is -1.77. The van der Waals surface area contributed by atoms with Crippen molar-refractivity contribution < 1.29 is 9.53 Å². The summed E-state index contributed by atoms with van der Waals surface area (Å²) in [4.78, 5) is 11.4. The summed E-state index contributed by atoms with van der Waals surface area (Å²) in [6, 6.07) is 5.89. The third-order valence-electron chi connectivity index (χ3n) is 2.15. The Balaban J connectivity index is 2.44. The van der Waals surface area contributed by atoms with Gasteiger partial charge >= 0.3 is 0 Å². The predicted octanol–water partition coefficient (Wildman–Crippen LogP) is 2.37. The molecule has 0 aliphatic rings. The number of hydrogen-bond acceptors (Lipinski definition) is 2. The molecule has 1 aromatic carbocycles. The fourth-order valence-electron chi connectivity index (χ4n) is 1.47. The van der Waals surface area contributed by atoms with E-state index in [1.165, 1.54) is 0 Å². The molecule has 1 rings (SSSR count). The van der Waals surface area contributed by atoms with Gasteiger partial charge < -0.3 is 10.1 Å². The van der Waals surface area contributed by atoms with Gasteiger partial charge in [-0.25, -0.2) is 0 Å². The molecule has 0 aromatic heterocycles. The van der Waals surface area contributed by atoms with Crippen LogP contribution in [0.5, 0.6) is 5.75 Å². The Kier molecular flexibility index (Phi) is 4.76. The lowest BCUT2D eigenvalue weighted by molar-refractivity contribution is -0.122. The molecule has 17 heavy (non-hydrogen) atoms. The van der Waals surface area contributed by atoms with Gasteiger partial charge in [-0.1, -0.05) is 18.2 Å². The van der Waals surface area contributed by atoms with E-state index in [0.29, 0.717) is 6.54 Å². The summed E-state index contributed by atoms with van der Waals surface area (Å²) in [6.45, 7) is 10.1. The maximum absolute atomic E-state index is 11.4. The molecule has 0 saturated carbocycles. The number of benzene rings is 1. The van der Waals surface area contributed by atoms with Gasteiger partial charge in [-0.05, 0) is 44.0 Å². The molecule has 0 fully saturated rings. The van der Waals surface area contributed by atoms with Crippen LogP contribution in [-0.4, -0.2) is 19.1 Å². The highest BCUT2D eigenvalue weighted by molar-refractivity contribution is 5.77.